The first-order valence-corrected chi connectivity index (χ1v) is 11.1. The Morgan fingerprint density at radius 1 is 1.20 bits per heavy atom. The maximum absolute atomic E-state index is 12.7. The van der Waals surface area contributed by atoms with Crippen LogP contribution in [0, 0.1) is 0 Å². The normalized spacial score (nSPS) is 14.0. The smallest absolute Gasteiger partial charge is 0.252 e. The lowest BCUT2D eigenvalue weighted by Crippen LogP contribution is -2.33. The molecule has 3 aromatic heterocycles. The fraction of sp³-hybridized carbons (Fsp3) is 0.261. The van der Waals surface area contributed by atoms with Gasteiger partial charge in [0.15, 0.2) is 0 Å². The van der Waals surface area contributed by atoms with E-state index in [9.17, 15) is 4.79 Å². The van der Waals surface area contributed by atoms with Crippen molar-refractivity contribution in [2.75, 3.05) is 13.1 Å². The zero-order valence-electron chi connectivity index (χ0n) is 16.6. The second-order valence-corrected chi connectivity index (χ2v) is 8.50. The minimum absolute atomic E-state index is 0.00567. The predicted octanol–water partition coefficient (Wildman–Crippen LogP) is 3.55. The molecular formula is C23H23N5OS. The van der Waals surface area contributed by atoms with E-state index in [1.165, 1.54) is 10.4 Å². The van der Waals surface area contributed by atoms with E-state index in [2.05, 4.69) is 31.2 Å². The number of fused-ring (bicyclic) bond motifs is 2. The molecule has 5 rings (SSSR count). The Morgan fingerprint density at radius 2 is 2.10 bits per heavy atom. The first-order valence-electron chi connectivity index (χ1n) is 10.2. The number of benzene rings is 1. The Bertz CT molecular complexity index is 1130. The molecule has 1 aliphatic rings. The van der Waals surface area contributed by atoms with E-state index in [-0.39, 0.29) is 5.91 Å². The van der Waals surface area contributed by atoms with Gasteiger partial charge in [-0.1, -0.05) is 18.2 Å². The summed E-state index contributed by atoms with van der Waals surface area (Å²) in [6.45, 7) is 3.27. The van der Waals surface area contributed by atoms with Gasteiger partial charge in [-0.2, -0.15) is 0 Å². The summed E-state index contributed by atoms with van der Waals surface area (Å²) in [5.41, 5.74) is 5.01. The number of carbonyl (C=O) groups is 1. The number of H-pyrrole nitrogens is 1. The average molecular weight is 418 g/mol. The van der Waals surface area contributed by atoms with Gasteiger partial charge in [0, 0.05) is 42.5 Å². The largest absolute Gasteiger partial charge is 0.346 e. The quantitative estimate of drug-likeness (QED) is 0.503. The molecule has 0 saturated heterocycles. The molecule has 1 amide bonds. The van der Waals surface area contributed by atoms with Crippen LogP contribution >= 0.6 is 11.3 Å². The molecular weight excluding hydrogens is 394 g/mol. The maximum Gasteiger partial charge on any atom is 0.252 e. The second kappa shape index (κ2) is 8.38. The van der Waals surface area contributed by atoms with Crippen LogP contribution in [-0.2, 0) is 25.9 Å². The minimum atomic E-state index is -0.00567. The summed E-state index contributed by atoms with van der Waals surface area (Å²) in [4.78, 5) is 28.8. The molecule has 0 spiro atoms. The highest BCUT2D eigenvalue weighted by atomic mass is 32.1. The van der Waals surface area contributed by atoms with Crippen molar-refractivity contribution in [1.29, 1.82) is 0 Å². The number of imidazole rings is 1. The predicted molar refractivity (Wildman–Crippen MR) is 119 cm³/mol. The highest BCUT2D eigenvalue weighted by Gasteiger charge is 2.23. The zero-order chi connectivity index (χ0) is 20.3. The number of hydrogen-bond acceptors (Lipinski definition) is 5. The molecule has 0 atom stereocenters. The molecule has 2 N–H and O–H groups in total. The van der Waals surface area contributed by atoms with E-state index in [1.807, 2.05) is 41.8 Å². The Balaban J connectivity index is 1.19. The molecule has 0 radical (unpaired) electrons. The van der Waals surface area contributed by atoms with Crippen LogP contribution < -0.4 is 5.32 Å². The highest BCUT2D eigenvalue weighted by molar-refractivity contribution is 7.10. The molecule has 0 fully saturated rings. The standard InChI is InChI=1S/C23H23N5OS/c29-23(25-13-16-5-3-4-10-24-16)18-15-30-21-14-28(11-8-17(18)21)12-9-22-26-19-6-1-2-7-20(19)27-22/h1-7,10,15H,8-9,11-14H2,(H,25,29)(H,26,27). The number of carbonyl (C=O) groups excluding carboxylic acids is 1. The van der Waals surface area contributed by atoms with Gasteiger partial charge in [-0.05, 0) is 36.2 Å². The molecule has 4 heterocycles. The van der Waals surface area contributed by atoms with Crippen molar-refractivity contribution in [2.45, 2.75) is 25.9 Å². The minimum Gasteiger partial charge on any atom is -0.346 e. The van der Waals surface area contributed by atoms with E-state index in [0.717, 1.165) is 60.6 Å². The SMILES string of the molecule is O=C(NCc1ccccn1)c1csc2c1CCN(CCc1nc3ccccc3[nH]1)C2. The molecule has 7 heteroatoms. The van der Waals surface area contributed by atoms with Crippen molar-refractivity contribution in [2.24, 2.45) is 0 Å². The summed E-state index contributed by atoms with van der Waals surface area (Å²) >= 11 is 1.69. The summed E-state index contributed by atoms with van der Waals surface area (Å²) in [6.07, 6.45) is 3.55. The molecule has 152 valence electrons. The van der Waals surface area contributed by atoms with E-state index in [1.54, 1.807) is 17.5 Å². The zero-order valence-corrected chi connectivity index (χ0v) is 17.4. The average Bonchev–Trinajstić information content (AvgIpc) is 3.40. The molecule has 1 aliphatic heterocycles. The fourth-order valence-corrected chi connectivity index (χ4v) is 5.04. The number of aromatic amines is 1. The molecule has 30 heavy (non-hydrogen) atoms. The van der Waals surface area contributed by atoms with Gasteiger partial charge in [-0.25, -0.2) is 4.98 Å². The Hall–Kier alpha value is -3.03. The summed E-state index contributed by atoms with van der Waals surface area (Å²) in [7, 11) is 0. The van der Waals surface area contributed by atoms with E-state index >= 15 is 0 Å². The maximum atomic E-state index is 12.7. The fourth-order valence-electron chi connectivity index (χ4n) is 3.92. The second-order valence-electron chi connectivity index (χ2n) is 7.53. The number of amides is 1. The van der Waals surface area contributed by atoms with Crippen molar-refractivity contribution in [3.8, 4) is 0 Å². The Labute approximate surface area is 179 Å². The van der Waals surface area contributed by atoms with Gasteiger partial charge >= 0.3 is 0 Å². The van der Waals surface area contributed by atoms with E-state index in [0.29, 0.717) is 6.54 Å². The van der Waals surface area contributed by atoms with Gasteiger partial charge < -0.3 is 10.3 Å². The van der Waals surface area contributed by atoms with Gasteiger partial charge in [0.05, 0.1) is 28.8 Å². The highest BCUT2D eigenvalue weighted by Crippen LogP contribution is 2.29. The number of nitrogens with one attached hydrogen (secondary N) is 2. The molecule has 0 saturated carbocycles. The van der Waals surface area contributed by atoms with Crippen LogP contribution in [0.1, 0.15) is 32.3 Å². The summed E-state index contributed by atoms with van der Waals surface area (Å²) < 4.78 is 0. The molecule has 0 bridgehead atoms. The lowest BCUT2D eigenvalue weighted by Gasteiger charge is -2.26. The summed E-state index contributed by atoms with van der Waals surface area (Å²) in [5, 5.41) is 5.00. The van der Waals surface area contributed by atoms with Crippen molar-refractivity contribution in [1.82, 2.24) is 25.2 Å². The van der Waals surface area contributed by atoms with E-state index in [4.69, 9.17) is 0 Å². The number of para-hydroxylation sites is 2. The Morgan fingerprint density at radius 3 is 2.97 bits per heavy atom. The van der Waals surface area contributed by atoms with Crippen LogP contribution in [0.5, 0.6) is 0 Å². The lowest BCUT2D eigenvalue weighted by molar-refractivity contribution is 0.0949. The molecule has 6 nitrogen and oxygen atoms in total. The van der Waals surface area contributed by atoms with Gasteiger partial charge in [-0.15, -0.1) is 11.3 Å². The molecule has 0 unspecified atom stereocenters. The number of pyridine rings is 1. The number of rotatable bonds is 6. The molecule has 1 aromatic carbocycles. The molecule has 0 aliphatic carbocycles. The van der Waals surface area contributed by atoms with Crippen LogP contribution in [0.15, 0.2) is 54.0 Å². The number of hydrogen-bond donors (Lipinski definition) is 2. The van der Waals surface area contributed by atoms with Crippen LogP contribution in [0.3, 0.4) is 0 Å². The third kappa shape index (κ3) is 3.99. The van der Waals surface area contributed by atoms with Crippen LogP contribution in [0.4, 0.5) is 0 Å². The topological polar surface area (TPSA) is 73.9 Å². The Kier molecular flexibility index (Phi) is 5.29. The summed E-state index contributed by atoms with van der Waals surface area (Å²) in [6, 6.07) is 13.9. The van der Waals surface area contributed by atoms with Gasteiger partial charge in [0.2, 0.25) is 0 Å². The van der Waals surface area contributed by atoms with Crippen molar-refractivity contribution >= 4 is 28.3 Å². The third-order valence-corrected chi connectivity index (χ3v) is 6.54. The number of thiophene rings is 1. The summed E-state index contributed by atoms with van der Waals surface area (Å²) in [5.74, 6) is 1.02. The van der Waals surface area contributed by atoms with Gasteiger partial charge in [0.1, 0.15) is 5.82 Å². The number of nitrogens with zero attached hydrogens (tertiary/aromatic N) is 3. The van der Waals surface area contributed by atoms with Gasteiger partial charge in [-0.3, -0.25) is 14.7 Å². The van der Waals surface area contributed by atoms with Crippen LogP contribution in [-0.4, -0.2) is 38.8 Å². The molecule has 4 aromatic rings. The van der Waals surface area contributed by atoms with Gasteiger partial charge in [0.25, 0.3) is 5.91 Å². The van der Waals surface area contributed by atoms with Crippen molar-refractivity contribution < 1.29 is 4.79 Å². The lowest BCUT2D eigenvalue weighted by atomic mass is 10.0. The monoisotopic (exact) mass is 417 g/mol. The van der Waals surface area contributed by atoms with Crippen molar-refractivity contribution in [3.05, 3.63) is 81.6 Å². The number of aromatic nitrogens is 3. The van der Waals surface area contributed by atoms with E-state index < -0.39 is 0 Å². The first-order chi connectivity index (χ1) is 14.8. The third-order valence-electron chi connectivity index (χ3n) is 5.53. The first kappa shape index (κ1) is 19.0. The van der Waals surface area contributed by atoms with Crippen LogP contribution in [0.25, 0.3) is 11.0 Å². The van der Waals surface area contributed by atoms with Crippen molar-refractivity contribution in [3.63, 3.8) is 0 Å². The van der Waals surface area contributed by atoms with Crippen LogP contribution in [0.2, 0.25) is 0 Å².